The highest BCUT2D eigenvalue weighted by molar-refractivity contribution is 5.94. The van der Waals surface area contributed by atoms with Gasteiger partial charge in [0.05, 0.1) is 12.2 Å². The fraction of sp³-hybridized carbons (Fsp3) is 0.688. The van der Waals surface area contributed by atoms with Crippen LogP contribution >= 0.6 is 0 Å². The number of carbonyl (C=O) groups is 3. The molecule has 1 fully saturated rings. The number of Topliss-reactive ketones (excluding diaryl/α,β-unsaturated/α-hetero) is 1. The summed E-state index contributed by atoms with van der Waals surface area (Å²) < 4.78 is 1.26. The number of hydrogen-bond donors (Lipinski definition) is 2. The minimum Gasteiger partial charge on any atom is -0.368 e. The van der Waals surface area contributed by atoms with Gasteiger partial charge >= 0.3 is 0 Å². The van der Waals surface area contributed by atoms with Gasteiger partial charge < -0.3 is 16.4 Å². The molecule has 1 aromatic rings. The van der Waals surface area contributed by atoms with E-state index >= 15 is 0 Å². The van der Waals surface area contributed by atoms with Crippen LogP contribution in [-0.4, -0.2) is 56.6 Å². The van der Waals surface area contributed by atoms with Crippen LogP contribution in [0.15, 0.2) is 6.20 Å². The van der Waals surface area contributed by atoms with Gasteiger partial charge in [-0.05, 0) is 31.6 Å². The molecule has 0 saturated carbocycles. The fourth-order valence-electron chi connectivity index (χ4n) is 3.20. The molecule has 1 aromatic heterocycles. The molecule has 0 aliphatic carbocycles. The fourth-order valence-corrected chi connectivity index (χ4v) is 3.20. The highest BCUT2D eigenvalue weighted by atomic mass is 16.2. The van der Waals surface area contributed by atoms with Crippen molar-refractivity contribution in [2.24, 2.45) is 23.3 Å². The summed E-state index contributed by atoms with van der Waals surface area (Å²) in [7, 11) is 0. The van der Waals surface area contributed by atoms with Gasteiger partial charge in [-0.2, -0.15) is 0 Å². The molecule has 4 N–H and O–H groups in total. The Hall–Kier alpha value is -2.29. The summed E-state index contributed by atoms with van der Waals surface area (Å²) in [5, 5.41) is 7.54. The summed E-state index contributed by atoms with van der Waals surface area (Å²) in [5.74, 6) is -0.0981. The smallest absolute Gasteiger partial charge is 0.239 e. The first-order valence-electron chi connectivity index (χ1n) is 8.54. The van der Waals surface area contributed by atoms with Gasteiger partial charge in [-0.1, -0.05) is 12.1 Å². The quantitative estimate of drug-likeness (QED) is 0.639. The van der Waals surface area contributed by atoms with Gasteiger partial charge in [0, 0.05) is 19.5 Å². The molecule has 25 heavy (non-hydrogen) atoms. The van der Waals surface area contributed by atoms with Gasteiger partial charge in [0.1, 0.15) is 12.2 Å². The highest BCUT2D eigenvalue weighted by Gasteiger charge is 2.29. The van der Waals surface area contributed by atoms with E-state index in [4.69, 9.17) is 11.5 Å². The Kier molecular flexibility index (Phi) is 6.24. The van der Waals surface area contributed by atoms with E-state index in [1.807, 2.05) is 6.92 Å². The van der Waals surface area contributed by atoms with Crippen LogP contribution in [0.4, 0.5) is 0 Å². The summed E-state index contributed by atoms with van der Waals surface area (Å²) in [6.45, 7) is 5.00. The lowest BCUT2D eigenvalue weighted by Crippen LogP contribution is -2.46. The van der Waals surface area contributed by atoms with Crippen molar-refractivity contribution in [3.63, 3.8) is 0 Å². The second kappa shape index (κ2) is 8.19. The third-order valence-corrected chi connectivity index (χ3v) is 4.70. The summed E-state index contributed by atoms with van der Waals surface area (Å²) in [6.07, 6.45) is 3.54. The molecular formula is C16H26N6O3. The van der Waals surface area contributed by atoms with Gasteiger partial charge in [-0.3, -0.25) is 14.4 Å². The second-order valence-electron chi connectivity index (χ2n) is 6.82. The van der Waals surface area contributed by atoms with Crippen LogP contribution in [-0.2, 0) is 16.1 Å². The van der Waals surface area contributed by atoms with E-state index in [9.17, 15) is 14.4 Å². The Labute approximate surface area is 146 Å². The van der Waals surface area contributed by atoms with Gasteiger partial charge in [0.25, 0.3) is 0 Å². The third kappa shape index (κ3) is 5.09. The number of nitrogens with two attached hydrogens (primary N) is 2. The average Bonchev–Trinajstić information content (AvgIpc) is 3.02. The molecule has 1 unspecified atom stereocenters. The van der Waals surface area contributed by atoms with Crippen molar-refractivity contribution < 1.29 is 14.4 Å². The lowest BCUT2D eigenvalue weighted by Gasteiger charge is -2.35. The number of nitrogens with zero attached hydrogens (tertiary/aromatic N) is 4. The minimum absolute atomic E-state index is 0.0201. The van der Waals surface area contributed by atoms with E-state index in [2.05, 4.69) is 10.3 Å². The SMILES string of the molecule is CC(CC(=O)c1cn(CC(N)=O)nn1)C1CCN(C(=O)[C@H](C)N)CC1. The van der Waals surface area contributed by atoms with E-state index in [0.29, 0.717) is 25.4 Å². The Morgan fingerprint density at radius 1 is 1.28 bits per heavy atom. The summed E-state index contributed by atoms with van der Waals surface area (Å²) in [4.78, 5) is 36.9. The molecule has 0 bridgehead atoms. The van der Waals surface area contributed by atoms with E-state index in [1.54, 1.807) is 11.8 Å². The predicted molar refractivity (Wildman–Crippen MR) is 90.3 cm³/mol. The van der Waals surface area contributed by atoms with Crippen molar-refractivity contribution in [2.75, 3.05) is 13.1 Å². The number of piperidine rings is 1. The van der Waals surface area contributed by atoms with Crippen LogP contribution in [0.3, 0.4) is 0 Å². The lowest BCUT2D eigenvalue weighted by molar-refractivity contribution is -0.133. The maximum atomic E-state index is 12.3. The molecule has 9 heteroatoms. The summed E-state index contributed by atoms with van der Waals surface area (Å²) >= 11 is 0. The Balaban J connectivity index is 1.85. The van der Waals surface area contributed by atoms with Crippen molar-refractivity contribution in [1.29, 1.82) is 0 Å². The Bertz CT molecular complexity index is 634. The highest BCUT2D eigenvalue weighted by Crippen LogP contribution is 2.28. The molecule has 2 atom stereocenters. The molecule has 2 amide bonds. The summed E-state index contributed by atoms with van der Waals surface area (Å²) in [6, 6.07) is -0.474. The minimum atomic E-state index is -0.537. The number of primary amides is 1. The number of amides is 2. The first-order valence-corrected chi connectivity index (χ1v) is 8.54. The van der Waals surface area contributed by atoms with Gasteiger partial charge in [0.15, 0.2) is 5.78 Å². The van der Waals surface area contributed by atoms with Crippen LogP contribution in [0, 0.1) is 11.8 Å². The molecule has 0 radical (unpaired) electrons. The molecule has 9 nitrogen and oxygen atoms in total. The van der Waals surface area contributed by atoms with E-state index in [1.165, 1.54) is 10.9 Å². The first kappa shape index (κ1) is 19.0. The van der Waals surface area contributed by atoms with Crippen LogP contribution in [0.2, 0.25) is 0 Å². The van der Waals surface area contributed by atoms with Crippen molar-refractivity contribution in [3.8, 4) is 0 Å². The van der Waals surface area contributed by atoms with Gasteiger partial charge in [0.2, 0.25) is 11.8 Å². The van der Waals surface area contributed by atoms with Crippen LogP contribution in [0.25, 0.3) is 0 Å². The van der Waals surface area contributed by atoms with Crippen LogP contribution in [0.1, 0.15) is 43.6 Å². The molecule has 1 aliphatic heterocycles. The molecule has 1 aliphatic rings. The molecule has 2 heterocycles. The van der Waals surface area contributed by atoms with Gasteiger partial charge in [-0.25, -0.2) is 4.68 Å². The zero-order valence-electron chi connectivity index (χ0n) is 14.7. The molecule has 138 valence electrons. The molecule has 2 rings (SSSR count). The van der Waals surface area contributed by atoms with Crippen molar-refractivity contribution in [3.05, 3.63) is 11.9 Å². The van der Waals surface area contributed by atoms with Crippen LogP contribution in [0.5, 0.6) is 0 Å². The molecule has 0 aromatic carbocycles. The van der Waals surface area contributed by atoms with Crippen LogP contribution < -0.4 is 11.5 Å². The zero-order chi connectivity index (χ0) is 18.6. The number of aromatic nitrogens is 3. The lowest BCUT2D eigenvalue weighted by atomic mass is 9.82. The van der Waals surface area contributed by atoms with E-state index in [-0.39, 0.29) is 29.8 Å². The monoisotopic (exact) mass is 350 g/mol. The second-order valence-corrected chi connectivity index (χ2v) is 6.82. The zero-order valence-corrected chi connectivity index (χ0v) is 14.7. The molecule has 0 spiro atoms. The maximum Gasteiger partial charge on any atom is 0.239 e. The number of hydrogen-bond acceptors (Lipinski definition) is 6. The van der Waals surface area contributed by atoms with Crippen molar-refractivity contribution in [2.45, 2.75) is 45.7 Å². The maximum absolute atomic E-state index is 12.3. The average molecular weight is 350 g/mol. The van der Waals surface area contributed by atoms with Crippen molar-refractivity contribution in [1.82, 2.24) is 19.9 Å². The number of rotatable bonds is 7. The first-order chi connectivity index (χ1) is 11.8. The Morgan fingerprint density at radius 3 is 2.48 bits per heavy atom. The number of carbonyl (C=O) groups excluding carboxylic acids is 3. The Morgan fingerprint density at radius 2 is 1.92 bits per heavy atom. The standard InChI is InChI=1S/C16H26N6O3/c1-10(12-3-5-21(6-4-12)16(25)11(2)17)7-14(23)13-8-22(20-19-13)9-15(18)24/h8,10-12H,3-7,9,17H2,1-2H3,(H2,18,24)/t10?,11-/m0/s1. The van der Waals surface area contributed by atoms with E-state index in [0.717, 1.165) is 12.8 Å². The summed E-state index contributed by atoms with van der Waals surface area (Å²) in [5.41, 5.74) is 11.0. The van der Waals surface area contributed by atoms with Gasteiger partial charge in [-0.15, -0.1) is 5.10 Å². The predicted octanol–water partition coefficient (Wildman–Crippen LogP) is -0.442. The molecular weight excluding hydrogens is 324 g/mol. The number of likely N-dealkylation sites (tertiary alicyclic amines) is 1. The third-order valence-electron chi connectivity index (χ3n) is 4.70. The molecule has 1 saturated heterocycles. The number of ketones is 1. The van der Waals surface area contributed by atoms with Crippen molar-refractivity contribution >= 4 is 17.6 Å². The topological polar surface area (TPSA) is 137 Å². The normalized spacial score (nSPS) is 18.0. The van der Waals surface area contributed by atoms with E-state index < -0.39 is 11.9 Å². The largest absolute Gasteiger partial charge is 0.368 e.